The second-order valence-electron chi connectivity index (χ2n) is 14.4. The summed E-state index contributed by atoms with van der Waals surface area (Å²) < 4.78 is 6.64. The maximum atomic E-state index is 11.1. The van der Waals surface area contributed by atoms with Crippen molar-refractivity contribution in [3.05, 3.63) is 12.2 Å². The number of hydrogen-bond donors (Lipinski definition) is 1. The first-order valence-corrected chi connectivity index (χ1v) is 14.8. The lowest BCUT2D eigenvalue weighted by molar-refractivity contribution is -0.0682. The van der Waals surface area contributed by atoms with Gasteiger partial charge in [0, 0.05) is 5.41 Å². The highest BCUT2D eigenvalue weighted by Gasteiger charge is 2.66. The number of fused-ring (bicyclic) bond motifs is 3. The molecule has 7 unspecified atom stereocenters. The zero-order valence-electron chi connectivity index (χ0n) is 21.7. The largest absolute Gasteiger partial charge is 0.390 e. The van der Waals surface area contributed by atoms with Crippen molar-refractivity contribution < 1.29 is 9.84 Å². The van der Waals surface area contributed by atoms with Crippen LogP contribution in [0.3, 0.4) is 0 Å². The second-order valence-corrected chi connectivity index (χ2v) is 14.4. The molecule has 6 rings (SSSR count). The maximum absolute atomic E-state index is 11.1. The molecule has 0 aromatic carbocycles. The summed E-state index contributed by atoms with van der Waals surface area (Å²) >= 11 is 0. The van der Waals surface area contributed by atoms with Crippen molar-refractivity contribution in [3.63, 3.8) is 0 Å². The van der Waals surface area contributed by atoms with Crippen LogP contribution < -0.4 is 0 Å². The third-order valence-corrected chi connectivity index (χ3v) is 12.3. The zero-order chi connectivity index (χ0) is 22.9. The van der Waals surface area contributed by atoms with E-state index in [1.807, 2.05) is 0 Å². The van der Waals surface area contributed by atoms with Crippen molar-refractivity contribution in [2.75, 3.05) is 0 Å². The standard InChI is InChI=1S/C31H50O2/c1-22-19-30(17-11-23(20-30)12-18-31(32)14-7-4-8-15-31)27-29(3,33-27)16-13-26-25(22)21-28(26,2)24-9-5-6-10-24/h23-27,32H,1,4-21H2,2-3H3. The Bertz CT molecular complexity index is 761. The van der Waals surface area contributed by atoms with Gasteiger partial charge in [-0.2, -0.15) is 0 Å². The molecule has 6 aliphatic rings. The smallest absolute Gasteiger partial charge is 0.0930 e. The first-order chi connectivity index (χ1) is 15.8. The SMILES string of the molecule is C=C1CC2(CCC(CCC3(O)CCCCC3)C2)C2OC2(C)CCC2C1CC2(C)C1CCCC1. The Hall–Kier alpha value is -0.340. The number of rotatable bonds is 4. The first kappa shape index (κ1) is 23.1. The van der Waals surface area contributed by atoms with E-state index in [2.05, 4.69) is 13.8 Å². The molecule has 6 fully saturated rings. The number of ether oxygens (including phenoxy) is 1. The van der Waals surface area contributed by atoms with E-state index < -0.39 is 0 Å². The Morgan fingerprint density at radius 1 is 0.909 bits per heavy atom. The normalized spacial score (nSPS) is 49.6. The summed E-state index contributed by atoms with van der Waals surface area (Å²) in [5.41, 5.74) is 2.25. The third kappa shape index (κ3) is 3.89. The van der Waals surface area contributed by atoms with Gasteiger partial charge in [-0.05, 0) is 119 Å². The van der Waals surface area contributed by atoms with Gasteiger partial charge in [0.05, 0.1) is 17.3 Å². The molecule has 1 saturated heterocycles. The van der Waals surface area contributed by atoms with Crippen LogP contribution in [-0.2, 0) is 4.74 Å². The van der Waals surface area contributed by atoms with Gasteiger partial charge in [0.25, 0.3) is 0 Å². The average Bonchev–Trinajstić information content (AvgIpc) is 3.16. The zero-order valence-corrected chi connectivity index (χ0v) is 21.7. The Kier molecular flexibility index (Phi) is 5.66. The molecular formula is C31H50O2. The molecule has 0 aromatic heterocycles. The summed E-state index contributed by atoms with van der Waals surface area (Å²) in [5, 5.41) is 11.1. The van der Waals surface area contributed by atoms with Gasteiger partial charge in [0.2, 0.25) is 0 Å². The van der Waals surface area contributed by atoms with Crippen LogP contribution in [0.1, 0.15) is 129 Å². The molecule has 2 heteroatoms. The van der Waals surface area contributed by atoms with E-state index in [0.717, 1.165) is 42.9 Å². The van der Waals surface area contributed by atoms with E-state index in [9.17, 15) is 5.11 Å². The van der Waals surface area contributed by atoms with Gasteiger partial charge >= 0.3 is 0 Å². The van der Waals surface area contributed by atoms with Crippen molar-refractivity contribution >= 4 is 0 Å². The quantitative estimate of drug-likeness (QED) is 0.345. The van der Waals surface area contributed by atoms with Crippen molar-refractivity contribution in [2.45, 2.75) is 147 Å². The summed E-state index contributed by atoms with van der Waals surface area (Å²) in [5.74, 6) is 3.36. The lowest BCUT2D eigenvalue weighted by atomic mass is 9.46. The minimum absolute atomic E-state index is 0.123. The van der Waals surface area contributed by atoms with Crippen LogP contribution in [0, 0.1) is 34.5 Å². The Morgan fingerprint density at radius 2 is 1.67 bits per heavy atom. The lowest BCUT2D eigenvalue weighted by Gasteiger charge is -2.58. The van der Waals surface area contributed by atoms with Crippen LogP contribution in [0.25, 0.3) is 0 Å². The van der Waals surface area contributed by atoms with Crippen LogP contribution in [0.2, 0.25) is 0 Å². The van der Waals surface area contributed by atoms with Gasteiger partial charge in [-0.15, -0.1) is 0 Å². The van der Waals surface area contributed by atoms with Crippen LogP contribution in [-0.4, -0.2) is 22.4 Å². The van der Waals surface area contributed by atoms with E-state index in [0.29, 0.717) is 16.9 Å². The summed E-state index contributed by atoms with van der Waals surface area (Å²) in [6.45, 7) is 9.86. The molecule has 1 N–H and O–H groups in total. The molecule has 1 spiro atoms. The molecule has 1 aliphatic heterocycles. The Labute approximate surface area is 203 Å². The molecular weight excluding hydrogens is 404 g/mol. The van der Waals surface area contributed by atoms with Gasteiger partial charge in [0.15, 0.2) is 0 Å². The monoisotopic (exact) mass is 454 g/mol. The first-order valence-electron chi connectivity index (χ1n) is 14.8. The molecule has 0 radical (unpaired) electrons. The molecule has 2 nitrogen and oxygen atoms in total. The van der Waals surface area contributed by atoms with Crippen molar-refractivity contribution in [3.8, 4) is 0 Å². The molecule has 5 saturated carbocycles. The molecule has 33 heavy (non-hydrogen) atoms. The van der Waals surface area contributed by atoms with Gasteiger partial charge in [-0.1, -0.05) is 51.2 Å². The number of epoxide rings is 1. The number of hydrogen-bond acceptors (Lipinski definition) is 2. The molecule has 186 valence electrons. The molecule has 0 aromatic rings. The fourth-order valence-electron chi connectivity index (χ4n) is 10.2. The highest BCUT2D eigenvalue weighted by Crippen LogP contribution is 2.68. The van der Waals surface area contributed by atoms with Gasteiger partial charge in [-0.25, -0.2) is 0 Å². The topological polar surface area (TPSA) is 32.8 Å². The van der Waals surface area contributed by atoms with E-state index in [1.165, 1.54) is 96.3 Å². The maximum Gasteiger partial charge on any atom is 0.0930 e. The molecule has 7 atom stereocenters. The summed E-state index contributed by atoms with van der Waals surface area (Å²) in [7, 11) is 0. The van der Waals surface area contributed by atoms with E-state index in [1.54, 1.807) is 5.57 Å². The van der Waals surface area contributed by atoms with Crippen molar-refractivity contribution in [1.29, 1.82) is 0 Å². The van der Waals surface area contributed by atoms with Gasteiger partial charge in [0.1, 0.15) is 0 Å². The Morgan fingerprint density at radius 3 is 2.42 bits per heavy atom. The number of aliphatic hydroxyl groups is 1. The third-order valence-electron chi connectivity index (χ3n) is 12.3. The lowest BCUT2D eigenvalue weighted by Crippen LogP contribution is -2.51. The van der Waals surface area contributed by atoms with Gasteiger partial charge in [-0.3, -0.25) is 0 Å². The molecule has 1 heterocycles. The predicted molar refractivity (Wildman–Crippen MR) is 135 cm³/mol. The minimum atomic E-state index is -0.357. The van der Waals surface area contributed by atoms with E-state index >= 15 is 0 Å². The van der Waals surface area contributed by atoms with Gasteiger partial charge < -0.3 is 9.84 Å². The van der Waals surface area contributed by atoms with Crippen molar-refractivity contribution in [1.82, 2.24) is 0 Å². The van der Waals surface area contributed by atoms with E-state index in [-0.39, 0.29) is 11.2 Å². The van der Waals surface area contributed by atoms with Crippen LogP contribution in [0.15, 0.2) is 12.2 Å². The van der Waals surface area contributed by atoms with E-state index in [4.69, 9.17) is 11.3 Å². The van der Waals surface area contributed by atoms with Crippen molar-refractivity contribution in [2.24, 2.45) is 34.5 Å². The van der Waals surface area contributed by atoms with Crippen LogP contribution in [0.4, 0.5) is 0 Å². The Balaban J connectivity index is 1.15. The fourth-order valence-corrected chi connectivity index (χ4v) is 10.2. The molecule has 0 amide bonds. The molecule has 0 bridgehead atoms. The summed E-state index contributed by atoms with van der Waals surface area (Å²) in [4.78, 5) is 0. The predicted octanol–water partition coefficient (Wildman–Crippen LogP) is 7.98. The molecule has 5 aliphatic carbocycles. The van der Waals surface area contributed by atoms with Crippen LogP contribution >= 0.6 is 0 Å². The summed E-state index contributed by atoms with van der Waals surface area (Å²) in [6.07, 6.45) is 23.6. The highest BCUT2D eigenvalue weighted by atomic mass is 16.6. The minimum Gasteiger partial charge on any atom is -0.390 e. The number of allylic oxidation sites excluding steroid dienone is 1. The average molecular weight is 455 g/mol. The van der Waals surface area contributed by atoms with Crippen LogP contribution in [0.5, 0.6) is 0 Å². The second kappa shape index (κ2) is 8.09. The highest BCUT2D eigenvalue weighted by molar-refractivity contribution is 5.23. The fraction of sp³-hybridized carbons (Fsp3) is 0.935. The summed E-state index contributed by atoms with van der Waals surface area (Å²) in [6, 6.07) is 0.